The first-order valence-electron chi connectivity index (χ1n) is 6.23. The second kappa shape index (κ2) is 5.26. The van der Waals surface area contributed by atoms with E-state index >= 15 is 0 Å². The molecule has 0 atom stereocenters. The molecule has 1 N–H and O–H groups in total. The minimum atomic E-state index is -0.156. The van der Waals surface area contributed by atoms with Gasteiger partial charge >= 0.3 is 0 Å². The number of hydrogen-bond donors (Lipinski definition) is 1. The van der Waals surface area contributed by atoms with E-state index < -0.39 is 0 Å². The van der Waals surface area contributed by atoms with Crippen LogP contribution in [0.3, 0.4) is 0 Å². The van der Waals surface area contributed by atoms with Crippen molar-refractivity contribution in [2.24, 2.45) is 0 Å². The van der Waals surface area contributed by atoms with E-state index in [0.29, 0.717) is 41.8 Å². The van der Waals surface area contributed by atoms with E-state index in [0.717, 1.165) is 11.3 Å². The smallest absolute Gasteiger partial charge is 0.256 e. The van der Waals surface area contributed by atoms with E-state index in [-0.39, 0.29) is 5.56 Å². The third kappa shape index (κ3) is 2.30. The first kappa shape index (κ1) is 13.1. The van der Waals surface area contributed by atoms with Crippen LogP contribution in [0.5, 0.6) is 5.75 Å². The summed E-state index contributed by atoms with van der Waals surface area (Å²) in [5.74, 6) is 1.10. The summed E-state index contributed by atoms with van der Waals surface area (Å²) < 4.78 is 10.4. The van der Waals surface area contributed by atoms with Gasteiger partial charge in [0.2, 0.25) is 0 Å². The number of halogens is 1. The average molecular weight is 293 g/mol. The molecule has 104 valence electrons. The van der Waals surface area contributed by atoms with Crippen LogP contribution in [0.15, 0.2) is 23.0 Å². The number of H-pyrrole nitrogens is 1. The fraction of sp³-hybridized carbons (Fsp3) is 0.286. The fourth-order valence-electron chi connectivity index (χ4n) is 2.19. The quantitative estimate of drug-likeness (QED) is 0.921. The van der Waals surface area contributed by atoms with Gasteiger partial charge < -0.3 is 14.5 Å². The zero-order valence-electron chi connectivity index (χ0n) is 10.9. The first-order chi connectivity index (χ1) is 9.69. The van der Waals surface area contributed by atoms with E-state index in [1.807, 2.05) is 6.07 Å². The number of ether oxygens (including phenoxy) is 2. The Labute approximate surface area is 120 Å². The monoisotopic (exact) mass is 292 g/mol. The topological polar surface area (TPSA) is 64.2 Å². The van der Waals surface area contributed by atoms with Crippen molar-refractivity contribution in [1.82, 2.24) is 9.97 Å². The van der Waals surface area contributed by atoms with Gasteiger partial charge in [0.15, 0.2) is 0 Å². The molecule has 20 heavy (non-hydrogen) atoms. The summed E-state index contributed by atoms with van der Waals surface area (Å²) in [4.78, 5) is 19.3. The summed E-state index contributed by atoms with van der Waals surface area (Å²) in [7, 11) is 1.56. The van der Waals surface area contributed by atoms with Crippen molar-refractivity contribution in [2.75, 3.05) is 13.7 Å². The fourth-order valence-corrected chi connectivity index (χ4v) is 2.45. The molecular formula is C14H13ClN2O3. The number of hydrogen-bond acceptors (Lipinski definition) is 4. The van der Waals surface area contributed by atoms with Gasteiger partial charge in [0.05, 0.1) is 36.6 Å². The van der Waals surface area contributed by atoms with Crippen molar-refractivity contribution < 1.29 is 9.47 Å². The van der Waals surface area contributed by atoms with Crippen molar-refractivity contribution in [3.63, 3.8) is 0 Å². The number of aromatic nitrogens is 2. The highest BCUT2D eigenvalue weighted by Gasteiger charge is 2.17. The molecule has 0 aliphatic carbocycles. The summed E-state index contributed by atoms with van der Waals surface area (Å²) in [5.41, 5.74) is 2.00. The third-order valence-electron chi connectivity index (χ3n) is 3.26. The van der Waals surface area contributed by atoms with Gasteiger partial charge in [-0.15, -0.1) is 0 Å². The molecule has 0 fully saturated rings. The maximum Gasteiger partial charge on any atom is 0.256 e. The number of fused-ring (bicyclic) bond motifs is 1. The minimum Gasteiger partial charge on any atom is -0.495 e. The van der Waals surface area contributed by atoms with E-state index in [1.54, 1.807) is 19.2 Å². The second-order valence-corrected chi connectivity index (χ2v) is 4.90. The van der Waals surface area contributed by atoms with Crippen LogP contribution in [0.1, 0.15) is 11.3 Å². The van der Waals surface area contributed by atoms with Gasteiger partial charge in [-0.2, -0.15) is 0 Å². The Morgan fingerprint density at radius 3 is 3.05 bits per heavy atom. The van der Waals surface area contributed by atoms with Crippen molar-refractivity contribution >= 4 is 11.6 Å². The maximum atomic E-state index is 12.0. The minimum absolute atomic E-state index is 0.156. The van der Waals surface area contributed by atoms with E-state index in [9.17, 15) is 4.79 Å². The van der Waals surface area contributed by atoms with Crippen LogP contribution in [-0.2, 0) is 17.8 Å². The van der Waals surface area contributed by atoms with Gasteiger partial charge in [-0.3, -0.25) is 4.79 Å². The third-order valence-corrected chi connectivity index (χ3v) is 3.55. The Bertz CT molecular complexity index is 712. The Morgan fingerprint density at radius 1 is 1.45 bits per heavy atom. The van der Waals surface area contributed by atoms with Gasteiger partial charge in [0.25, 0.3) is 5.56 Å². The average Bonchev–Trinajstić information content (AvgIpc) is 2.47. The van der Waals surface area contributed by atoms with Gasteiger partial charge in [-0.05, 0) is 18.2 Å². The van der Waals surface area contributed by atoms with Crippen molar-refractivity contribution in [2.45, 2.75) is 13.0 Å². The highest BCUT2D eigenvalue weighted by molar-refractivity contribution is 6.32. The predicted molar refractivity (Wildman–Crippen MR) is 75.2 cm³/mol. The van der Waals surface area contributed by atoms with Crippen LogP contribution in [0, 0.1) is 0 Å². The zero-order chi connectivity index (χ0) is 14.1. The van der Waals surface area contributed by atoms with Crippen molar-refractivity contribution in [3.05, 3.63) is 44.8 Å². The SMILES string of the molecule is COc1ccc(-c2nc3c(c(=O)[nH]2)COCC3)cc1Cl. The Hall–Kier alpha value is -1.85. The predicted octanol–water partition coefficient (Wildman–Crippen LogP) is 2.17. The molecule has 2 aromatic rings. The Balaban J connectivity index is 2.08. The molecule has 1 aliphatic heterocycles. The van der Waals surface area contributed by atoms with Crippen LogP contribution in [0.2, 0.25) is 5.02 Å². The summed E-state index contributed by atoms with van der Waals surface area (Å²) in [6, 6.07) is 5.29. The molecule has 1 aliphatic rings. The van der Waals surface area contributed by atoms with Crippen LogP contribution in [-0.4, -0.2) is 23.7 Å². The second-order valence-electron chi connectivity index (χ2n) is 4.49. The lowest BCUT2D eigenvalue weighted by molar-refractivity contribution is 0.108. The number of methoxy groups -OCH3 is 1. The number of aromatic amines is 1. The molecule has 0 unspecified atom stereocenters. The van der Waals surface area contributed by atoms with Crippen LogP contribution >= 0.6 is 11.6 Å². The number of rotatable bonds is 2. The Morgan fingerprint density at radius 2 is 2.30 bits per heavy atom. The molecule has 6 heteroatoms. The molecule has 0 saturated heterocycles. The van der Waals surface area contributed by atoms with Crippen molar-refractivity contribution in [1.29, 1.82) is 0 Å². The van der Waals surface area contributed by atoms with E-state index in [2.05, 4.69) is 9.97 Å². The summed E-state index contributed by atoms with van der Waals surface area (Å²) >= 11 is 6.10. The number of nitrogens with zero attached hydrogens (tertiary/aromatic N) is 1. The van der Waals surface area contributed by atoms with Gasteiger partial charge in [-0.1, -0.05) is 11.6 Å². The van der Waals surface area contributed by atoms with E-state index in [1.165, 1.54) is 0 Å². The standard InChI is InChI=1S/C14H13ClN2O3/c1-19-12-3-2-8(6-10(12)15)13-16-11-4-5-20-7-9(11)14(18)17-13/h2-3,6H,4-5,7H2,1H3,(H,16,17,18). The van der Waals surface area contributed by atoms with Crippen molar-refractivity contribution in [3.8, 4) is 17.1 Å². The van der Waals surface area contributed by atoms with Crippen LogP contribution in [0.4, 0.5) is 0 Å². The molecule has 1 aromatic heterocycles. The lowest BCUT2D eigenvalue weighted by Crippen LogP contribution is -2.24. The molecule has 0 saturated carbocycles. The van der Waals surface area contributed by atoms with Gasteiger partial charge in [0, 0.05) is 12.0 Å². The number of nitrogens with one attached hydrogen (secondary N) is 1. The molecule has 0 spiro atoms. The number of benzene rings is 1. The Kier molecular flexibility index (Phi) is 3.46. The molecular weight excluding hydrogens is 280 g/mol. The molecule has 3 rings (SSSR count). The summed E-state index contributed by atoms with van der Waals surface area (Å²) in [6.07, 6.45) is 0.649. The normalized spacial score (nSPS) is 13.9. The lowest BCUT2D eigenvalue weighted by atomic mass is 10.1. The maximum absolute atomic E-state index is 12.0. The van der Waals surface area contributed by atoms with E-state index in [4.69, 9.17) is 21.1 Å². The largest absolute Gasteiger partial charge is 0.495 e. The summed E-state index contributed by atoms with van der Waals surface area (Å²) in [6.45, 7) is 0.910. The van der Waals surface area contributed by atoms with Crippen LogP contribution in [0.25, 0.3) is 11.4 Å². The van der Waals surface area contributed by atoms with Gasteiger partial charge in [0.1, 0.15) is 11.6 Å². The molecule has 0 amide bonds. The summed E-state index contributed by atoms with van der Waals surface area (Å²) in [5, 5.41) is 0.480. The van der Waals surface area contributed by atoms with Gasteiger partial charge in [-0.25, -0.2) is 4.98 Å². The first-order valence-corrected chi connectivity index (χ1v) is 6.60. The molecule has 0 radical (unpaired) electrons. The molecule has 2 heterocycles. The highest BCUT2D eigenvalue weighted by Crippen LogP contribution is 2.28. The lowest BCUT2D eigenvalue weighted by Gasteiger charge is -2.15. The highest BCUT2D eigenvalue weighted by atomic mass is 35.5. The van der Waals surface area contributed by atoms with Crippen LogP contribution < -0.4 is 10.3 Å². The molecule has 0 bridgehead atoms. The zero-order valence-corrected chi connectivity index (χ0v) is 11.7. The molecule has 5 nitrogen and oxygen atoms in total. The molecule has 1 aromatic carbocycles.